The molecule has 0 bridgehead atoms. The highest BCUT2D eigenvalue weighted by molar-refractivity contribution is 5.79. The molecule has 0 aromatic heterocycles. The second-order valence-corrected chi connectivity index (χ2v) is 6.10. The molecule has 114 valence electrons. The molecule has 0 unspecified atom stereocenters. The largest absolute Gasteiger partial charge is 0.355 e. The molecule has 1 saturated carbocycles. The van der Waals surface area contributed by atoms with Gasteiger partial charge in [-0.15, -0.1) is 0 Å². The third-order valence-electron chi connectivity index (χ3n) is 4.61. The van der Waals surface area contributed by atoms with Gasteiger partial charge in [0.2, 0.25) is 5.91 Å². The summed E-state index contributed by atoms with van der Waals surface area (Å²) in [6.07, 6.45) is 4.48. The van der Waals surface area contributed by atoms with E-state index in [1.165, 1.54) is 24.0 Å². The summed E-state index contributed by atoms with van der Waals surface area (Å²) in [6, 6.07) is 20.9. The Labute approximate surface area is 132 Å². The monoisotopic (exact) mass is 293 g/mol. The molecule has 0 saturated heterocycles. The zero-order valence-corrected chi connectivity index (χ0v) is 12.9. The predicted molar refractivity (Wildman–Crippen MR) is 89.7 cm³/mol. The normalized spacial score (nSPS) is 15.1. The number of carbonyl (C=O) groups excluding carboxylic acids is 1. The molecule has 1 aliphatic rings. The minimum atomic E-state index is 0.216. The molecule has 0 atom stereocenters. The Morgan fingerprint density at radius 2 is 1.41 bits per heavy atom. The van der Waals surface area contributed by atoms with Crippen LogP contribution in [-0.2, 0) is 4.79 Å². The van der Waals surface area contributed by atoms with Crippen LogP contribution >= 0.6 is 0 Å². The maximum absolute atomic E-state index is 12.3. The van der Waals surface area contributed by atoms with E-state index in [2.05, 4.69) is 53.8 Å². The van der Waals surface area contributed by atoms with Gasteiger partial charge in [-0.3, -0.25) is 4.79 Å². The van der Waals surface area contributed by atoms with E-state index in [1.807, 2.05) is 12.1 Å². The molecule has 2 aromatic rings. The molecular weight excluding hydrogens is 270 g/mol. The van der Waals surface area contributed by atoms with Crippen LogP contribution in [0.25, 0.3) is 0 Å². The number of hydrogen-bond donors (Lipinski definition) is 1. The van der Waals surface area contributed by atoms with Crippen LogP contribution in [0, 0.1) is 5.92 Å². The van der Waals surface area contributed by atoms with Gasteiger partial charge in [0.15, 0.2) is 0 Å². The van der Waals surface area contributed by atoms with E-state index in [-0.39, 0.29) is 17.7 Å². The van der Waals surface area contributed by atoms with E-state index in [0.717, 1.165) is 12.8 Å². The second-order valence-electron chi connectivity index (χ2n) is 6.10. The van der Waals surface area contributed by atoms with Crippen molar-refractivity contribution in [3.8, 4) is 0 Å². The lowest BCUT2D eigenvalue weighted by Gasteiger charge is -2.20. The zero-order valence-electron chi connectivity index (χ0n) is 12.9. The van der Waals surface area contributed by atoms with Crippen LogP contribution in [0.1, 0.15) is 42.7 Å². The second kappa shape index (κ2) is 7.26. The van der Waals surface area contributed by atoms with Crippen molar-refractivity contribution in [1.82, 2.24) is 5.32 Å². The Bertz CT molecular complexity index is 548. The van der Waals surface area contributed by atoms with Gasteiger partial charge in [0.05, 0.1) is 0 Å². The van der Waals surface area contributed by atoms with E-state index in [9.17, 15) is 4.79 Å². The summed E-state index contributed by atoms with van der Waals surface area (Å²) < 4.78 is 0. The maximum atomic E-state index is 12.3. The summed E-state index contributed by atoms with van der Waals surface area (Å²) in [5.41, 5.74) is 2.50. The Morgan fingerprint density at radius 3 is 1.91 bits per heavy atom. The Morgan fingerprint density at radius 1 is 0.909 bits per heavy atom. The topological polar surface area (TPSA) is 29.1 Å². The third kappa shape index (κ3) is 3.56. The van der Waals surface area contributed by atoms with Gasteiger partial charge in [-0.05, 0) is 24.0 Å². The first-order valence-electron chi connectivity index (χ1n) is 8.22. The molecule has 0 spiro atoms. The lowest BCUT2D eigenvalue weighted by atomic mass is 9.91. The van der Waals surface area contributed by atoms with Gasteiger partial charge in [-0.25, -0.2) is 0 Å². The van der Waals surface area contributed by atoms with Crippen LogP contribution in [0.15, 0.2) is 60.7 Å². The smallest absolute Gasteiger partial charge is 0.223 e. The molecule has 1 aliphatic carbocycles. The standard InChI is InChI=1S/C20H23NO/c22-20(18-13-7-8-14-18)21-15-19(16-9-3-1-4-10-16)17-11-5-2-6-12-17/h1-6,9-12,18-19H,7-8,13-15H2,(H,21,22). The summed E-state index contributed by atoms with van der Waals surface area (Å²) in [6.45, 7) is 0.670. The van der Waals surface area contributed by atoms with Crippen molar-refractivity contribution < 1.29 is 4.79 Å². The maximum Gasteiger partial charge on any atom is 0.223 e. The lowest BCUT2D eigenvalue weighted by molar-refractivity contribution is -0.124. The number of nitrogens with one attached hydrogen (secondary N) is 1. The molecule has 0 radical (unpaired) electrons. The van der Waals surface area contributed by atoms with E-state index < -0.39 is 0 Å². The summed E-state index contributed by atoms with van der Waals surface area (Å²) in [7, 11) is 0. The van der Waals surface area contributed by atoms with Gasteiger partial charge >= 0.3 is 0 Å². The molecule has 1 N–H and O–H groups in total. The van der Waals surface area contributed by atoms with E-state index in [1.54, 1.807) is 0 Å². The van der Waals surface area contributed by atoms with Crippen molar-refractivity contribution in [3.05, 3.63) is 71.8 Å². The van der Waals surface area contributed by atoms with Crippen molar-refractivity contribution in [2.45, 2.75) is 31.6 Å². The highest BCUT2D eigenvalue weighted by atomic mass is 16.1. The first-order chi connectivity index (χ1) is 10.8. The van der Waals surface area contributed by atoms with Gasteiger partial charge in [0.1, 0.15) is 0 Å². The highest BCUT2D eigenvalue weighted by Crippen LogP contribution is 2.26. The molecule has 3 rings (SSSR count). The highest BCUT2D eigenvalue weighted by Gasteiger charge is 2.23. The summed E-state index contributed by atoms with van der Waals surface area (Å²) in [5, 5.41) is 3.18. The zero-order chi connectivity index (χ0) is 15.2. The number of benzene rings is 2. The van der Waals surface area contributed by atoms with E-state index >= 15 is 0 Å². The first-order valence-corrected chi connectivity index (χ1v) is 8.22. The van der Waals surface area contributed by atoms with Crippen molar-refractivity contribution in [1.29, 1.82) is 0 Å². The van der Waals surface area contributed by atoms with Crippen LogP contribution in [0.4, 0.5) is 0 Å². The molecule has 2 heteroatoms. The fourth-order valence-electron chi connectivity index (χ4n) is 3.33. The van der Waals surface area contributed by atoms with Crippen molar-refractivity contribution in [2.75, 3.05) is 6.54 Å². The van der Waals surface area contributed by atoms with Gasteiger partial charge < -0.3 is 5.32 Å². The summed E-state index contributed by atoms with van der Waals surface area (Å²) in [5.74, 6) is 0.675. The van der Waals surface area contributed by atoms with Gasteiger partial charge in [0.25, 0.3) is 0 Å². The minimum absolute atomic E-state index is 0.216. The SMILES string of the molecule is O=C(NCC(c1ccccc1)c1ccccc1)C1CCCC1. The average molecular weight is 293 g/mol. The van der Waals surface area contributed by atoms with Gasteiger partial charge in [-0.1, -0.05) is 73.5 Å². The van der Waals surface area contributed by atoms with Crippen molar-refractivity contribution in [2.24, 2.45) is 5.92 Å². The van der Waals surface area contributed by atoms with Gasteiger partial charge in [0, 0.05) is 18.4 Å². The fourth-order valence-corrected chi connectivity index (χ4v) is 3.33. The number of amides is 1. The molecule has 2 aromatic carbocycles. The van der Waals surface area contributed by atoms with Gasteiger partial charge in [-0.2, -0.15) is 0 Å². The summed E-state index contributed by atoms with van der Waals surface area (Å²) in [4.78, 5) is 12.3. The molecule has 0 heterocycles. The number of carbonyl (C=O) groups is 1. The van der Waals surface area contributed by atoms with Crippen LogP contribution in [-0.4, -0.2) is 12.5 Å². The van der Waals surface area contributed by atoms with Crippen LogP contribution in [0.3, 0.4) is 0 Å². The Balaban J connectivity index is 1.73. The predicted octanol–water partition coefficient (Wildman–Crippen LogP) is 4.12. The van der Waals surface area contributed by atoms with Crippen molar-refractivity contribution >= 4 is 5.91 Å². The Kier molecular flexibility index (Phi) is 4.89. The minimum Gasteiger partial charge on any atom is -0.355 e. The molecule has 1 amide bonds. The van der Waals surface area contributed by atoms with E-state index in [0.29, 0.717) is 6.54 Å². The van der Waals surface area contributed by atoms with Crippen LogP contribution < -0.4 is 5.32 Å². The lowest BCUT2D eigenvalue weighted by Crippen LogP contribution is -2.33. The van der Waals surface area contributed by atoms with Crippen LogP contribution in [0.2, 0.25) is 0 Å². The van der Waals surface area contributed by atoms with Crippen molar-refractivity contribution in [3.63, 3.8) is 0 Å². The Hall–Kier alpha value is -2.09. The molecule has 22 heavy (non-hydrogen) atoms. The van der Waals surface area contributed by atoms with Crippen LogP contribution in [0.5, 0.6) is 0 Å². The van der Waals surface area contributed by atoms with E-state index in [4.69, 9.17) is 0 Å². The molecular formula is C20H23NO. The fraction of sp³-hybridized carbons (Fsp3) is 0.350. The summed E-state index contributed by atoms with van der Waals surface area (Å²) >= 11 is 0. The third-order valence-corrected chi connectivity index (χ3v) is 4.61. The molecule has 0 aliphatic heterocycles. The number of rotatable bonds is 5. The number of hydrogen-bond acceptors (Lipinski definition) is 1. The molecule has 2 nitrogen and oxygen atoms in total. The molecule has 1 fully saturated rings. The average Bonchev–Trinajstić information content (AvgIpc) is 3.11. The first kappa shape index (κ1) is 14.8. The quantitative estimate of drug-likeness (QED) is 0.882.